The number of carbonyl (C=O) groups is 1. The van der Waals surface area contributed by atoms with E-state index in [0.29, 0.717) is 25.4 Å². The molecule has 8 nitrogen and oxygen atoms in total. The van der Waals surface area contributed by atoms with Gasteiger partial charge in [0.15, 0.2) is 0 Å². The van der Waals surface area contributed by atoms with Crippen LogP contribution in [0.5, 0.6) is 0 Å². The lowest BCUT2D eigenvalue weighted by Gasteiger charge is -2.32. The van der Waals surface area contributed by atoms with E-state index in [9.17, 15) is 4.79 Å². The summed E-state index contributed by atoms with van der Waals surface area (Å²) in [5, 5.41) is 0. The van der Waals surface area contributed by atoms with Crippen LogP contribution in [0.25, 0.3) is 11.1 Å². The van der Waals surface area contributed by atoms with Crippen LogP contribution in [0.3, 0.4) is 0 Å². The Morgan fingerprint density at radius 1 is 1.18 bits per heavy atom. The number of nitrogens with two attached hydrogens (primary N) is 1. The molecule has 0 bridgehead atoms. The number of aryl methyl sites for hydroxylation is 1. The van der Waals surface area contributed by atoms with E-state index in [0.717, 1.165) is 22.5 Å². The van der Waals surface area contributed by atoms with Crippen molar-refractivity contribution in [3.8, 4) is 11.1 Å². The molecule has 0 spiro atoms. The van der Waals surface area contributed by atoms with E-state index in [-0.39, 0.29) is 18.0 Å². The maximum Gasteiger partial charge on any atom is 0.272 e. The minimum atomic E-state index is -0.310. The molecule has 1 atom stereocenters. The maximum atomic E-state index is 12.7. The van der Waals surface area contributed by atoms with Gasteiger partial charge in [0, 0.05) is 36.4 Å². The summed E-state index contributed by atoms with van der Waals surface area (Å²) in [5.41, 5.74) is 9.40. The fourth-order valence-corrected chi connectivity index (χ4v) is 3.18. The molecular formula is C20H20N6O2. The summed E-state index contributed by atoms with van der Waals surface area (Å²) in [4.78, 5) is 31.4. The molecule has 4 rings (SSSR count). The summed E-state index contributed by atoms with van der Waals surface area (Å²) in [6, 6.07) is 9.22. The lowest BCUT2D eigenvalue weighted by Crippen LogP contribution is -2.42. The zero-order valence-corrected chi connectivity index (χ0v) is 15.4. The third-order valence-corrected chi connectivity index (χ3v) is 4.55. The van der Waals surface area contributed by atoms with E-state index in [4.69, 9.17) is 10.5 Å². The van der Waals surface area contributed by atoms with Crippen molar-refractivity contribution in [3.05, 3.63) is 66.0 Å². The number of amides is 1. The van der Waals surface area contributed by atoms with Gasteiger partial charge in [0.1, 0.15) is 11.8 Å². The van der Waals surface area contributed by atoms with Gasteiger partial charge in [-0.2, -0.15) is 0 Å². The number of nitrogens with zero attached hydrogens (tertiary/aromatic N) is 5. The molecule has 1 aliphatic rings. The molecule has 142 valence electrons. The quantitative estimate of drug-likeness (QED) is 0.745. The molecule has 28 heavy (non-hydrogen) atoms. The third kappa shape index (κ3) is 3.81. The average Bonchev–Trinajstić information content (AvgIpc) is 2.74. The summed E-state index contributed by atoms with van der Waals surface area (Å²) < 4.78 is 5.92. The van der Waals surface area contributed by atoms with Crippen molar-refractivity contribution in [1.82, 2.24) is 24.8 Å². The van der Waals surface area contributed by atoms with Crippen LogP contribution in [0, 0.1) is 6.92 Å². The van der Waals surface area contributed by atoms with Crippen LogP contribution in [-0.2, 0) is 4.74 Å². The number of anilines is 1. The largest absolute Gasteiger partial charge is 0.368 e. The van der Waals surface area contributed by atoms with Gasteiger partial charge >= 0.3 is 0 Å². The number of morpholine rings is 1. The molecule has 3 aromatic heterocycles. The molecular weight excluding hydrogens is 356 g/mol. The Kier molecular flexibility index (Phi) is 4.94. The van der Waals surface area contributed by atoms with Crippen molar-refractivity contribution in [2.24, 2.45) is 0 Å². The van der Waals surface area contributed by atoms with Crippen LogP contribution < -0.4 is 5.73 Å². The number of nitrogen functional groups attached to an aromatic ring is 1. The number of ether oxygens (including phenoxy) is 1. The summed E-state index contributed by atoms with van der Waals surface area (Å²) in [6.45, 7) is 3.31. The Morgan fingerprint density at radius 3 is 2.75 bits per heavy atom. The molecule has 0 aliphatic carbocycles. The van der Waals surface area contributed by atoms with E-state index < -0.39 is 0 Å². The first-order valence-corrected chi connectivity index (χ1v) is 8.98. The Hall–Kier alpha value is -3.39. The van der Waals surface area contributed by atoms with E-state index in [2.05, 4.69) is 19.9 Å². The van der Waals surface area contributed by atoms with Crippen LogP contribution in [0.15, 0.2) is 48.9 Å². The SMILES string of the molecule is Cc1cc(-c2cnc(N)nc2)cc([C@H]2CN(C(=O)c3ccccn3)CCO2)n1. The van der Waals surface area contributed by atoms with Gasteiger partial charge in [-0.25, -0.2) is 9.97 Å². The van der Waals surface area contributed by atoms with E-state index >= 15 is 0 Å². The smallest absolute Gasteiger partial charge is 0.272 e. The number of hydrogen-bond donors (Lipinski definition) is 1. The average molecular weight is 376 g/mol. The van der Waals surface area contributed by atoms with Gasteiger partial charge < -0.3 is 15.4 Å². The Balaban J connectivity index is 1.58. The number of carbonyl (C=O) groups excluding carboxylic acids is 1. The molecule has 1 amide bonds. The monoisotopic (exact) mass is 376 g/mol. The second-order valence-corrected chi connectivity index (χ2v) is 6.58. The van der Waals surface area contributed by atoms with E-state index in [1.165, 1.54) is 0 Å². The lowest BCUT2D eigenvalue weighted by atomic mass is 10.1. The van der Waals surface area contributed by atoms with Gasteiger partial charge in [-0.3, -0.25) is 14.8 Å². The maximum absolute atomic E-state index is 12.7. The van der Waals surface area contributed by atoms with Crippen LogP contribution in [0.4, 0.5) is 5.95 Å². The second-order valence-electron chi connectivity index (χ2n) is 6.58. The highest BCUT2D eigenvalue weighted by molar-refractivity contribution is 5.92. The molecule has 4 heterocycles. The summed E-state index contributed by atoms with van der Waals surface area (Å²) >= 11 is 0. The Labute approximate surface area is 162 Å². The molecule has 0 saturated carbocycles. The molecule has 1 aliphatic heterocycles. The molecule has 0 radical (unpaired) electrons. The van der Waals surface area contributed by atoms with Gasteiger partial charge in [0.2, 0.25) is 5.95 Å². The number of hydrogen-bond acceptors (Lipinski definition) is 7. The van der Waals surface area contributed by atoms with Crippen molar-refractivity contribution in [2.75, 3.05) is 25.4 Å². The third-order valence-electron chi connectivity index (χ3n) is 4.55. The second kappa shape index (κ2) is 7.69. The van der Waals surface area contributed by atoms with Gasteiger partial charge in [-0.05, 0) is 36.8 Å². The Bertz CT molecular complexity index is 978. The molecule has 1 saturated heterocycles. The first-order chi connectivity index (χ1) is 13.6. The Morgan fingerprint density at radius 2 is 2.00 bits per heavy atom. The highest BCUT2D eigenvalue weighted by atomic mass is 16.5. The van der Waals surface area contributed by atoms with E-state index in [1.54, 1.807) is 41.7 Å². The predicted molar refractivity (Wildman–Crippen MR) is 103 cm³/mol. The van der Waals surface area contributed by atoms with Crippen LogP contribution in [-0.4, -0.2) is 50.4 Å². The summed E-state index contributed by atoms with van der Waals surface area (Å²) in [5.74, 6) is 0.128. The normalized spacial score (nSPS) is 16.8. The highest BCUT2D eigenvalue weighted by Gasteiger charge is 2.28. The molecule has 3 aromatic rings. The van der Waals surface area contributed by atoms with Crippen LogP contribution in [0.1, 0.15) is 28.0 Å². The molecule has 1 fully saturated rings. The van der Waals surface area contributed by atoms with Crippen molar-refractivity contribution in [1.29, 1.82) is 0 Å². The molecule has 0 unspecified atom stereocenters. The minimum absolute atomic E-state index is 0.103. The topological polar surface area (TPSA) is 107 Å². The minimum Gasteiger partial charge on any atom is -0.368 e. The lowest BCUT2D eigenvalue weighted by molar-refractivity contribution is -0.0249. The first-order valence-electron chi connectivity index (χ1n) is 8.98. The molecule has 0 aromatic carbocycles. The van der Waals surface area contributed by atoms with Crippen LogP contribution >= 0.6 is 0 Å². The highest BCUT2D eigenvalue weighted by Crippen LogP contribution is 2.27. The fourth-order valence-electron chi connectivity index (χ4n) is 3.18. The molecule has 2 N–H and O–H groups in total. The van der Waals surface area contributed by atoms with E-state index in [1.807, 2.05) is 19.1 Å². The van der Waals surface area contributed by atoms with Crippen molar-refractivity contribution in [3.63, 3.8) is 0 Å². The number of pyridine rings is 2. The van der Waals surface area contributed by atoms with Crippen molar-refractivity contribution >= 4 is 11.9 Å². The summed E-state index contributed by atoms with van der Waals surface area (Å²) in [7, 11) is 0. The summed E-state index contributed by atoms with van der Waals surface area (Å²) in [6.07, 6.45) is 4.67. The molecule has 8 heteroatoms. The predicted octanol–water partition coefficient (Wildman–Crippen LogP) is 2.04. The van der Waals surface area contributed by atoms with Crippen LogP contribution in [0.2, 0.25) is 0 Å². The zero-order chi connectivity index (χ0) is 19.5. The number of rotatable bonds is 3. The fraction of sp³-hybridized carbons (Fsp3) is 0.250. The van der Waals surface area contributed by atoms with Gasteiger partial charge in [0.05, 0.1) is 18.8 Å². The first kappa shape index (κ1) is 18.0. The zero-order valence-electron chi connectivity index (χ0n) is 15.4. The van der Waals surface area contributed by atoms with Crippen molar-refractivity contribution < 1.29 is 9.53 Å². The standard InChI is InChI=1S/C20H20N6O2/c1-13-8-14(15-10-23-20(21)24-11-15)9-17(25-13)18-12-26(6-7-28-18)19(27)16-4-2-3-5-22-16/h2-5,8-11,18H,6-7,12H2,1H3,(H2,21,23,24)/t18-/m1/s1. The van der Waals surface area contributed by atoms with Gasteiger partial charge in [-0.1, -0.05) is 6.07 Å². The van der Waals surface area contributed by atoms with Crippen molar-refractivity contribution in [2.45, 2.75) is 13.0 Å². The van der Waals surface area contributed by atoms with Gasteiger partial charge in [0.25, 0.3) is 5.91 Å². The number of aromatic nitrogens is 4. The van der Waals surface area contributed by atoms with Gasteiger partial charge in [-0.15, -0.1) is 0 Å².